The number of aromatic amines is 1. The van der Waals surface area contributed by atoms with E-state index in [2.05, 4.69) is 27.6 Å². The maximum Gasteiger partial charge on any atom is 0.353 e. The first-order valence-electron chi connectivity index (χ1n) is 4.11. The van der Waals surface area contributed by atoms with Gasteiger partial charge >= 0.3 is 5.97 Å². The zero-order valence-electron chi connectivity index (χ0n) is 7.47. The fourth-order valence-corrected chi connectivity index (χ4v) is 2.29. The largest absolute Gasteiger partial charge is 0.477 e. The first-order valence-corrected chi connectivity index (χ1v) is 5.19. The Balaban J connectivity index is 2.86. The van der Waals surface area contributed by atoms with Gasteiger partial charge in [0.2, 0.25) is 0 Å². The molecule has 1 heterocycles. The monoisotopic (exact) mass is 301 g/mol. The van der Waals surface area contributed by atoms with E-state index in [0.29, 0.717) is 0 Å². The van der Waals surface area contributed by atoms with Crippen LogP contribution in [0.4, 0.5) is 0 Å². The number of carboxylic acid groups (broad SMARTS) is 1. The van der Waals surface area contributed by atoms with Gasteiger partial charge in [-0.2, -0.15) is 0 Å². The molecule has 1 aromatic carbocycles. The Hall–Kier alpha value is -1.04. The van der Waals surface area contributed by atoms with Crippen LogP contribution in [-0.4, -0.2) is 16.1 Å². The number of nitrogens with one attached hydrogen (secondary N) is 1. The van der Waals surface area contributed by atoms with Gasteiger partial charge in [0, 0.05) is 5.39 Å². The molecule has 0 aliphatic heterocycles. The third-order valence-corrected chi connectivity index (χ3v) is 3.31. The Morgan fingerprint density at radius 3 is 2.79 bits per heavy atom. The molecule has 1 aromatic heterocycles. The topological polar surface area (TPSA) is 53.1 Å². The molecular weight excluding hydrogens is 293 g/mol. The molecule has 0 spiro atoms. The summed E-state index contributed by atoms with van der Waals surface area (Å²) in [7, 11) is 0. The molecule has 0 fully saturated rings. The molecule has 72 valence electrons. The fourth-order valence-electron chi connectivity index (χ4n) is 1.48. The predicted molar refractivity (Wildman–Crippen MR) is 62.7 cm³/mol. The highest BCUT2D eigenvalue weighted by Crippen LogP contribution is 2.26. The van der Waals surface area contributed by atoms with Crippen LogP contribution in [0.1, 0.15) is 16.1 Å². The van der Waals surface area contributed by atoms with Crippen LogP contribution in [0.2, 0.25) is 0 Å². The van der Waals surface area contributed by atoms with Crippen molar-refractivity contribution in [2.75, 3.05) is 0 Å². The van der Waals surface area contributed by atoms with Gasteiger partial charge in [0.15, 0.2) is 0 Å². The minimum Gasteiger partial charge on any atom is -0.477 e. The summed E-state index contributed by atoms with van der Waals surface area (Å²) in [5, 5.41) is 9.90. The molecule has 0 aliphatic rings. The summed E-state index contributed by atoms with van der Waals surface area (Å²) in [6.07, 6.45) is 0. The van der Waals surface area contributed by atoms with Crippen LogP contribution >= 0.6 is 22.6 Å². The molecule has 3 nitrogen and oxygen atoms in total. The zero-order valence-corrected chi connectivity index (χ0v) is 9.62. The van der Waals surface area contributed by atoms with E-state index < -0.39 is 5.97 Å². The molecule has 0 aliphatic carbocycles. The van der Waals surface area contributed by atoms with E-state index >= 15 is 0 Å². The van der Waals surface area contributed by atoms with E-state index in [1.54, 1.807) is 0 Å². The number of H-pyrrole nitrogens is 1. The van der Waals surface area contributed by atoms with E-state index in [0.717, 1.165) is 20.0 Å². The van der Waals surface area contributed by atoms with Crippen molar-refractivity contribution >= 4 is 39.5 Å². The van der Waals surface area contributed by atoms with Gasteiger partial charge in [-0.3, -0.25) is 0 Å². The summed E-state index contributed by atoms with van der Waals surface area (Å²) in [5.41, 5.74) is 2.25. The van der Waals surface area contributed by atoms with Crippen molar-refractivity contribution in [2.24, 2.45) is 0 Å². The maximum absolute atomic E-state index is 10.9. The second-order valence-corrected chi connectivity index (χ2v) is 4.20. The normalized spacial score (nSPS) is 10.7. The molecule has 2 N–H and O–H groups in total. The quantitative estimate of drug-likeness (QED) is 0.796. The Bertz CT molecular complexity index is 516. The lowest BCUT2D eigenvalue weighted by Crippen LogP contribution is -1.98. The van der Waals surface area contributed by atoms with E-state index in [4.69, 9.17) is 5.11 Å². The summed E-state index contributed by atoms with van der Waals surface area (Å²) in [5.74, 6) is -0.912. The molecule has 0 atom stereocenters. The smallest absolute Gasteiger partial charge is 0.353 e. The number of fused-ring (bicyclic) bond motifs is 1. The molecular formula is C10H8INO2. The number of aromatic carboxylic acids is 1. The number of hydrogen-bond acceptors (Lipinski definition) is 1. The first-order chi connectivity index (χ1) is 6.61. The number of hydrogen-bond donors (Lipinski definition) is 2. The number of benzene rings is 1. The number of aromatic nitrogens is 1. The van der Waals surface area contributed by atoms with Crippen molar-refractivity contribution < 1.29 is 9.90 Å². The van der Waals surface area contributed by atoms with Crippen molar-refractivity contribution in [3.8, 4) is 0 Å². The van der Waals surface area contributed by atoms with Crippen LogP contribution < -0.4 is 0 Å². The van der Waals surface area contributed by atoms with Crippen LogP contribution in [0.15, 0.2) is 18.2 Å². The van der Waals surface area contributed by atoms with Crippen molar-refractivity contribution in [1.29, 1.82) is 0 Å². The second kappa shape index (κ2) is 3.27. The molecule has 0 radical (unpaired) electrons. The lowest BCUT2D eigenvalue weighted by Gasteiger charge is -1.93. The molecule has 14 heavy (non-hydrogen) atoms. The van der Waals surface area contributed by atoms with Crippen LogP contribution in [-0.2, 0) is 0 Å². The number of carbonyl (C=O) groups is 1. The van der Waals surface area contributed by atoms with Gasteiger partial charge in [-0.05, 0) is 35.1 Å². The molecule has 0 saturated heterocycles. The van der Waals surface area contributed by atoms with Gasteiger partial charge in [0.1, 0.15) is 5.69 Å². The molecule has 4 heteroatoms. The van der Waals surface area contributed by atoms with Gasteiger partial charge < -0.3 is 10.1 Å². The number of halogens is 1. The van der Waals surface area contributed by atoms with Gasteiger partial charge in [-0.1, -0.05) is 18.2 Å². The lowest BCUT2D eigenvalue weighted by molar-refractivity contribution is 0.0690. The number of aryl methyl sites for hydroxylation is 1. The Labute approximate surface area is 94.3 Å². The van der Waals surface area contributed by atoms with Gasteiger partial charge in [0.25, 0.3) is 0 Å². The average molecular weight is 301 g/mol. The molecule has 0 amide bonds. The summed E-state index contributed by atoms with van der Waals surface area (Å²) in [4.78, 5) is 13.8. The lowest BCUT2D eigenvalue weighted by atomic mass is 10.2. The highest BCUT2D eigenvalue weighted by molar-refractivity contribution is 14.1. The number of para-hydroxylation sites is 1. The van der Waals surface area contributed by atoms with E-state index in [9.17, 15) is 4.79 Å². The van der Waals surface area contributed by atoms with Crippen LogP contribution in [0.25, 0.3) is 10.9 Å². The summed E-state index contributed by atoms with van der Waals surface area (Å²) in [6.45, 7) is 1.96. The molecule has 2 aromatic rings. The SMILES string of the molecule is Cc1cccc2c(I)c(C(=O)O)[nH]c12. The third kappa shape index (κ3) is 1.30. The van der Waals surface area contributed by atoms with Crippen LogP contribution in [0, 0.1) is 10.5 Å². The second-order valence-electron chi connectivity index (χ2n) is 3.12. The van der Waals surface area contributed by atoms with Crippen LogP contribution in [0.5, 0.6) is 0 Å². The van der Waals surface area contributed by atoms with Gasteiger partial charge in [-0.25, -0.2) is 4.79 Å². The summed E-state index contributed by atoms with van der Waals surface area (Å²) >= 11 is 2.05. The van der Waals surface area contributed by atoms with E-state index in [1.807, 2.05) is 25.1 Å². The number of carboxylic acids is 1. The average Bonchev–Trinajstić information content (AvgIpc) is 2.46. The number of rotatable bonds is 1. The van der Waals surface area contributed by atoms with Crippen molar-refractivity contribution in [2.45, 2.75) is 6.92 Å². The Kier molecular flexibility index (Phi) is 2.22. The van der Waals surface area contributed by atoms with Gasteiger partial charge in [0.05, 0.1) is 9.09 Å². The standard InChI is InChI=1S/C10H8INO2/c1-5-3-2-4-6-7(11)9(10(13)14)12-8(5)6/h2-4,12H,1H3,(H,13,14). The van der Waals surface area contributed by atoms with Crippen molar-refractivity contribution in [3.63, 3.8) is 0 Å². The fraction of sp³-hybridized carbons (Fsp3) is 0.100. The van der Waals surface area contributed by atoms with Gasteiger partial charge in [-0.15, -0.1) is 0 Å². The molecule has 2 rings (SSSR count). The van der Waals surface area contributed by atoms with E-state index in [1.165, 1.54) is 0 Å². The molecule has 0 saturated carbocycles. The van der Waals surface area contributed by atoms with Crippen LogP contribution in [0.3, 0.4) is 0 Å². The van der Waals surface area contributed by atoms with E-state index in [-0.39, 0.29) is 5.69 Å². The minimum atomic E-state index is -0.912. The molecule has 0 bridgehead atoms. The Morgan fingerprint density at radius 1 is 1.50 bits per heavy atom. The Morgan fingerprint density at radius 2 is 2.21 bits per heavy atom. The zero-order chi connectivity index (χ0) is 10.3. The minimum absolute atomic E-state index is 0.273. The first kappa shape index (κ1) is 9.51. The highest BCUT2D eigenvalue weighted by atomic mass is 127. The summed E-state index contributed by atoms with van der Waals surface area (Å²) in [6, 6.07) is 5.81. The predicted octanol–water partition coefficient (Wildman–Crippen LogP) is 2.78. The van der Waals surface area contributed by atoms with Crippen molar-refractivity contribution in [1.82, 2.24) is 4.98 Å². The third-order valence-electron chi connectivity index (χ3n) is 2.19. The maximum atomic E-state index is 10.9. The molecule has 0 unspecified atom stereocenters. The van der Waals surface area contributed by atoms with Crippen molar-refractivity contribution in [3.05, 3.63) is 33.0 Å². The highest BCUT2D eigenvalue weighted by Gasteiger charge is 2.14. The summed E-state index contributed by atoms with van der Waals surface area (Å²) < 4.78 is 0.772.